The molecule has 29 heavy (non-hydrogen) atoms. The van der Waals surface area contributed by atoms with Gasteiger partial charge in [0.2, 0.25) is 0 Å². The molecule has 0 radical (unpaired) electrons. The Hall–Kier alpha value is -2.56. The average Bonchev–Trinajstić information content (AvgIpc) is 3.13. The Morgan fingerprint density at radius 1 is 0.966 bits per heavy atom. The van der Waals surface area contributed by atoms with E-state index in [0.717, 1.165) is 16.7 Å². The van der Waals surface area contributed by atoms with E-state index in [1.54, 1.807) is 6.08 Å². The van der Waals surface area contributed by atoms with Crippen LogP contribution in [0.2, 0.25) is 0 Å². The van der Waals surface area contributed by atoms with Gasteiger partial charge in [0.1, 0.15) is 0 Å². The molecule has 4 heteroatoms. The van der Waals surface area contributed by atoms with Crippen molar-refractivity contribution < 1.29 is 9.31 Å². The first-order valence-electron chi connectivity index (χ1n) is 10.1. The maximum Gasteiger partial charge on any atom is 0.494 e. The van der Waals surface area contributed by atoms with Crippen LogP contribution in [0.1, 0.15) is 34.6 Å². The van der Waals surface area contributed by atoms with E-state index >= 15 is 0 Å². The van der Waals surface area contributed by atoms with Crippen molar-refractivity contribution in [3.8, 4) is 0 Å². The van der Waals surface area contributed by atoms with Gasteiger partial charge in [-0.25, -0.2) is 0 Å². The van der Waals surface area contributed by atoms with Crippen molar-refractivity contribution in [1.29, 1.82) is 0 Å². The van der Waals surface area contributed by atoms with E-state index in [-0.39, 0.29) is 18.3 Å². The van der Waals surface area contributed by atoms with Gasteiger partial charge < -0.3 is 13.9 Å². The molecular weight excluding hydrogens is 357 g/mol. The lowest BCUT2D eigenvalue weighted by atomic mass is 9.78. The standard InChI is InChI=1S/C25H28BNO2/c1-7-9-12-19(8-2)27-22-14-11-10-13-20(22)21-17-18(15-16-23(21)27)26-28-24(3,4)25(5,6)29-26/h7-17H,1H2,2-6H3/b12-9-,19-8+. The predicted octanol–water partition coefficient (Wildman–Crippen LogP) is 5.70. The van der Waals surface area contributed by atoms with Crippen molar-refractivity contribution in [3.63, 3.8) is 0 Å². The van der Waals surface area contributed by atoms with Crippen molar-refractivity contribution >= 4 is 40.1 Å². The lowest BCUT2D eigenvalue weighted by Gasteiger charge is -2.32. The molecule has 0 atom stereocenters. The molecule has 3 aromatic rings. The summed E-state index contributed by atoms with van der Waals surface area (Å²) in [5.41, 5.74) is 3.79. The molecule has 1 saturated heterocycles. The first kappa shape index (κ1) is 19.7. The molecule has 1 aliphatic rings. The quantitative estimate of drug-likeness (QED) is 0.425. The molecule has 0 spiro atoms. The van der Waals surface area contributed by atoms with Gasteiger partial charge >= 0.3 is 7.12 Å². The van der Waals surface area contributed by atoms with Crippen molar-refractivity contribution in [3.05, 3.63) is 73.3 Å². The Bertz CT molecular complexity index is 1130. The smallest absolute Gasteiger partial charge is 0.399 e. The second kappa shape index (κ2) is 7.05. The van der Waals surface area contributed by atoms with E-state index in [1.165, 1.54) is 16.3 Å². The first-order chi connectivity index (χ1) is 13.8. The molecule has 148 valence electrons. The second-order valence-electron chi connectivity index (χ2n) is 8.53. The fourth-order valence-electron chi connectivity index (χ4n) is 3.86. The number of aromatic nitrogens is 1. The third-order valence-electron chi connectivity index (χ3n) is 6.18. The normalized spacial score (nSPS) is 18.9. The molecule has 2 aromatic carbocycles. The maximum atomic E-state index is 6.28. The van der Waals surface area contributed by atoms with Crippen molar-refractivity contribution in [2.75, 3.05) is 0 Å². The summed E-state index contributed by atoms with van der Waals surface area (Å²) >= 11 is 0. The molecular formula is C25H28BNO2. The summed E-state index contributed by atoms with van der Waals surface area (Å²) in [4.78, 5) is 0. The lowest BCUT2D eigenvalue weighted by molar-refractivity contribution is 0.00578. The van der Waals surface area contributed by atoms with Crippen molar-refractivity contribution in [2.45, 2.75) is 45.8 Å². The van der Waals surface area contributed by atoms with E-state index in [4.69, 9.17) is 9.31 Å². The average molecular weight is 385 g/mol. The lowest BCUT2D eigenvalue weighted by Crippen LogP contribution is -2.41. The van der Waals surface area contributed by atoms with Crippen LogP contribution >= 0.6 is 0 Å². The van der Waals surface area contributed by atoms with Crippen LogP contribution in [0.4, 0.5) is 0 Å². The highest BCUT2D eigenvalue weighted by molar-refractivity contribution is 6.62. The Balaban J connectivity index is 1.90. The maximum absolute atomic E-state index is 6.28. The highest BCUT2D eigenvalue weighted by Crippen LogP contribution is 2.37. The summed E-state index contributed by atoms with van der Waals surface area (Å²) in [6, 6.07) is 15.0. The van der Waals surface area contributed by atoms with Gasteiger partial charge in [-0.05, 0) is 58.3 Å². The molecule has 1 aromatic heterocycles. The number of allylic oxidation sites excluding steroid dienone is 5. The number of hydrogen-bond donors (Lipinski definition) is 0. The predicted molar refractivity (Wildman–Crippen MR) is 124 cm³/mol. The Labute approximate surface area is 173 Å². The third kappa shape index (κ3) is 3.17. The molecule has 0 aliphatic carbocycles. The molecule has 3 nitrogen and oxygen atoms in total. The molecule has 0 N–H and O–H groups in total. The van der Waals surface area contributed by atoms with Crippen molar-refractivity contribution in [1.82, 2.24) is 4.57 Å². The summed E-state index contributed by atoms with van der Waals surface area (Å²) in [5, 5.41) is 2.41. The first-order valence-corrected chi connectivity index (χ1v) is 10.1. The van der Waals surface area contributed by atoms with Crippen LogP contribution in [0.5, 0.6) is 0 Å². The van der Waals surface area contributed by atoms with Gasteiger partial charge in [0.05, 0.1) is 22.2 Å². The highest BCUT2D eigenvalue weighted by atomic mass is 16.7. The van der Waals surface area contributed by atoms with E-state index in [2.05, 4.69) is 100 Å². The Morgan fingerprint density at radius 3 is 2.28 bits per heavy atom. The molecule has 1 fully saturated rings. The van der Waals surface area contributed by atoms with Gasteiger partial charge in [-0.3, -0.25) is 0 Å². The van der Waals surface area contributed by atoms with Crippen LogP contribution < -0.4 is 5.46 Å². The zero-order valence-electron chi connectivity index (χ0n) is 17.9. The Kier molecular flexibility index (Phi) is 4.80. The zero-order valence-corrected chi connectivity index (χ0v) is 17.9. The molecule has 0 amide bonds. The number of nitrogens with zero attached hydrogens (tertiary/aromatic N) is 1. The van der Waals surface area contributed by atoms with Crippen LogP contribution in [0.3, 0.4) is 0 Å². The molecule has 2 heterocycles. The van der Waals surface area contributed by atoms with E-state index in [9.17, 15) is 0 Å². The second-order valence-corrected chi connectivity index (χ2v) is 8.53. The number of hydrogen-bond acceptors (Lipinski definition) is 2. The molecule has 0 bridgehead atoms. The number of benzene rings is 2. The van der Waals surface area contributed by atoms with Crippen LogP contribution in [0.15, 0.2) is 73.3 Å². The minimum atomic E-state index is -0.367. The number of para-hydroxylation sites is 1. The summed E-state index contributed by atoms with van der Waals surface area (Å²) in [5.74, 6) is 0. The van der Waals surface area contributed by atoms with Gasteiger partial charge in [-0.2, -0.15) is 0 Å². The zero-order chi connectivity index (χ0) is 20.8. The largest absolute Gasteiger partial charge is 0.494 e. The van der Waals surface area contributed by atoms with E-state index in [1.807, 2.05) is 6.08 Å². The van der Waals surface area contributed by atoms with Crippen molar-refractivity contribution in [2.24, 2.45) is 0 Å². The number of fused-ring (bicyclic) bond motifs is 3. The van der Waals surface area contributed by atoms with Crippen LogP contribution in [-0.4, -0.2) is 22.9 Å². The molecule has 0 saturated carbocycles. The van der Waals surface area contributed by atoms with Crippen LogP contribution in [0, 0.1) is 0 Å². The Morgan fingerprint density at radius 2 is 1.62 bits per heavy atom. The minimum Gasteiger partial charge on any atom is -0.399 e. The van der Waals surface area contributed by atoms with E-state index in [0.29, 0.717) is 0 Å². The van der Waals surface area contributed by atoms with Gasteiger partial charge in [-0.15, -0.1) is 0 Å². The van der Waals surface area contributed by atoms with Gasteiger partial charge in [0.25, 0.3) is 0 Å². The summed E-state index contributed by atoms with van der Waals surface area (Å²) in [6.07, 6.45) is 7.97. The molecule has 1 aliphatic heterocycles. The highest BCUT2D eigenvalue weighted by Gasteiger charge is 2.51. The summed E-state index contributed by atoms with van der Waals surface area (Å²) in [7, 11) is -0.367. The summed E-state index contributed by atoms with van der Waals surface area (Å²) < 4.78 is 14.8. The molecule has 0 unspecified atom stereocenters. The number of rotatable bonds is 4. The van der Waals surface area contributed by atoms with E-state index < -0.39 is 0 Å². The molecule has 4 rings (SSSR count). The third-order valence-corrected chi connectivity index (χ3v) is 6.18. The van der Waals surface area contributed by atoms with Gasteiger partial charge in [0, 0.05) is 16.5 Å². The topological polar surface area (TPSA) is 23.4 Å². The monoisotopic (exact) mass is 385 g/mol. The van der Waals surface area contributed by atoms with Crippen LogP contribution in [0.25, 0.3) is 27.5 Å². The SMILES string of the molecule is C=C/C=C\C(=C/C)n1c2ccccc2c2cc(B3OC(C)(C)C(C)(C)O3)ccc21. The van der Waals surface area contributed by atoms with Crippen LogP contribution in [-0.2, 0) is 9.31 Å². The fraction of sp³-hybridized carbons (Fsp3) is 0.280. The van der Waals surface area contributed by atoms with Gasteiger partial charge in [0.15, 0.2) is 0 Å². The van der Waals surface area contributed by atoms with Gasteiger partial charge in [-0.1, -0.05) is 55.1 Å². The minimum absolute atomic E-state index is 0.353. The summed E-state index contributed by atoms with van der Waals surface area (Å²) in [6.45, 7) is 14.2. The fourth-order valence-corrected chi connectivity index (χ4v) is 3.86.